The molecule has 3 N–H and O–H groups in total. The first kappa shape index (κ1) is 33.1. The van der Waals surface area contributed by atoms with Gasteiger partial charge < -0.3 is 19.8 Å². The Kier molecular flexibility index (Phi) is 18.3. The molecule has 0 aromatic heterocycles. The van der Waals surface area contributed by atoms with E-state index in [0.29, 0.717) is 43.4 Å². The van der Waals surface area contributed by atoms with Gasteiger partial charge in [-0.15, -0.1) is 6.58 Å². The molecule has 0 aliphatic rings. The molecule has 0 aromatic carbocycles. The van der Waals surface area contributed by atoms with Crippen molar-refractivity contribution in [2.24, 2.45) is 17.8 Å². The maximum absolute atomic E-state index is 11.4. The van der Waals surface area contributed by atoms with E-state index in [4.69, 9.17) is 0 Å². The minimum atomic E-state index is -0.828. The van der Waals surface area contributed by atoms with Crippen LogP contribution in [0, 0.1) is 17.8 Å². The van der Waals surface area contributed by atoms with E-state index in [0.717, 1.165) is 32.2 Å². The fourth-order valence-corrected chi connectivity index (χ4v) is 4.42. The third-order valence-corrected chi connectivity index (χ3v) is 7.41. The lowest BCUT2D eigenvalue weighted by atomic mass is 10.0. The Balaban J connectivity index is 4.97. The lowest BCUT2D eigenvalue weighted by Crippen LogP contribution is -2.52. The van der Waals surface area contributed by atoms with Crippen LogP contribution in [0.15, 0.2) is 12.7 Å². The van der Waals surface area contributed by atoms with Gasteiger partial charge in [-0.25, -0.2) is 0 Å². The molecule has 0 bridgehead atoms. The van der Waals surface area contributed by atoms with Crippen molar-refractivity contribution in [3.8, 4) is 0 Å². The Morgan fingerprint density at radius 1 is 0.600 bits per heavy atom. The van der Waals surface area contributed by atoms with Gasteiger partial charge in [0.25, 0.3) is 0 Å². The maximum Gasteiger partial charge on any atom is 0.306 e. The summed E-state index contributed by atoms with van der Waals surface area (Å²) in [7, 11) is 0. The second-order valence-corrected chi connectivity index (χ2v) is 10.6. The van der Waals surface area contributed by atoms with Crippen LogP contribution in [0.5, 0.6) is 0 Å². The highest BCUT2D eigenvalue weighted by atomic mass is 16.4. The topological polar surface area (TPSA) is 112 Å². The molecule has 0 aliphatic carbocycles. The van der Waals surface area contributed by atoms with Crippen molar-refractivity contribution >= 4 is 17.9 Å². The van der Waals surface area contributed by atoms with Crippen LogP contribution in [0.3, 0.4) is 0 Å². The predicted molar refractivity (Wildman–Crippen MR) is 140 cm³/mol. The third kappa shape index (κ3) is 16.4. The van der Waals surface area contributed by atoms with Gasteiger partial charge in [0.2, 0.25) is 0 Å². The van der Waals surface area contributed by atoms with Gasteiger partial charge in [-0.2, -0.15) is 0 Å². The molecule has 0 radical (unpaired) electrons. The summed E-state index contributed by atoms with van der Waals surface area (Å²) < 4.78 is 0.607. The number of aliphatic carboxylic acids is 3. The smallest absolute Gasteiger partial charge is 0.306 e. The Hall–Kier alpha value is -1.89. The van der Waals surface area contributed by atoms with E-state index in [1.807, 2.05) is 6.08 Å². The van der Waals surface area contributed by atoms with E-state index in [9.17, 15) is 29.7 Å². The van der Waals surface area contributed by atoms with Gasteiger partial charge in [-0.1, -0.05) is 65.4 Å². The number of unbranched alkanes of at least 4 members (excludes halogenated alkanes) is 9. The molecule has 0 heterocycles. The van der Waals surface area contributed by atoms with Crippen molar-refractivity contribution in [3.05, 3.63) is 12.7 Å². The summed E-state index contributed by atoms with van der Waals surface area (Å²) in [5.74, 6) is -3.92. The monoisotopic (exact) mass is 498 g/mol. The van der Waals surface area contributed by atoms with Gasteiger partial charge in [0.05, 0.1) is 43.9 Å². The molecule has 204 valence electrons. The summed E-state index contributed by atoms with van der Waals surface area (Å²) in [4.78, 5) is 34.3. The van der Waals surface area contributed by atoms with Crippen molar-refractivity contribution in [2.75, 3.05) is 26.2 Å². The van der Waals surface area contributed by atoms with Gasteiger partial charge >= 0.3 is 17.9 Å². The lowest BCUT2D eigenvalue weighted by Gasteiger charge is -2.40. The molecule has 35 heavy (non-hydrogen) atoms. The van der Waals surface area contributed by atoms with Crippen molar-refractivity contribution in [2.45, 2.75) is 104 Å². The first-order chi connectivity index (χ1) is 16.5. The molecule has 0 saturated carbocycles. The van der Waals surface area contributed by atoms with Crippen LogP contribution < -0.4 is 0 Å². The SMILES string of the molecule is C=CCCCCCCCCCCC[N+](CCC(C)C(=O)O)(CCC(C)C(=O)O)CCC(C)C(=O)O. The van der Waals surface area contributed by atoms with Crippen LogP contribution in [-0.4, -0.2) is 63.9 Å². The molecule has 0 rings (SSSR count). The molecular weight excluding hydrogens is 446 g/mol. The zero-order valence-corrected chi connectivity index (χ0v) is 22.6. The highest BCUT2D eigenvalue weighted by Gasteiger charge is 2.31. The van der Waals surface area contributed by atoms with Crippen LogP contribution in [0.2, 0.25) is 0 Å². The lowest BCUT2D eigenvalue weighted by molar-refractivity contribution is -0.929. The van der Waals surface area contributed by atoms with Crippen molar-refractivity contribution in [1.29, 1.82) is 0 Å². The Bertz CT molecular complexity index is 561. The number of rotatable bonds is 24. The highest BCUT2D eigenvalue weighted by molar-refractivity contribution is 5.70. The zero-order chi connectivity index (χ0) is 26.7. The molecular formula is C28H52NO6+. The van der Waals surface area contributed by atoms with Gasteiger partial charge in [0, 0.05) is 19.3 Å². The third-order valence-electron chi connectivity index (χ3n) is 7.41. The summed E-state index contributed by atoms with van der Waals surface area (Å²) in [6, 6.07) is 0. The Labute approximate surface area is 213 Å². The van der Waals surface area contributed by atoms with Gasteiger partial charge in [0.15, 0.2) is 0 Å². The first-order valence-electron chi connectivity index (χ1n) is 13.7. The zero-order valence-electron chi connectivity index (χ0n) is 22.6. The normalized spacial score (nSPS) is 15.6. The Morgan fingerprint density at radius 2 is 0.914 bits per heavy atom. The standard InChI is InChI=1S/C28H51NO6/c1-5-6-7-8-9-10-11-12-13-14-15-19-29(20-16-23(2)26(30)31,21-17-24(3)27(32)33)22-18-25(4)28(34)35/h5,23-25H,1,6-22H2,2-4H3,(H2-,30,31,32,33,34,35)/p+1. The maximum atomic E-state index is 11.4. The van der Waals surface area contributed by atoms with Crippen molar-refractivity contribution < 1.29 is 34.2 Å². The molecule has 7 heteroatoms. The van der Waals surface area contributed by atoms with E-state index in [2.05, 4.69) is 6.58 Å². The molecule has 0 aliphatic heterocycles. The van der Waals surface area contributed by atoms with Gasteiger partial charge in [-0.3, -0.25) is 14.4 Å². The highest BCUT2D eigenvalue weighted by Crippen LogP contribution is 2.22. The minimum absolute atomic E-state index is 0.479. The van der Waals surface area contributed by atoms with E-state index < -0.39 is 35.7 Å². The van der Waals surface area contributed by atoms with Crippen LogP contribution >= 0.6 is 0 Å². The average molecular weight is 499 g/mol. The molecule has 0 fully saturated rings. The Morgan fingerprint density at radius 3 is 1.23 bits per heavy atom. The van der Waals surface area contributed by atoms with Crippen LogP contribution in [0.1, 0.15) is 104 Å². The summed E-state index contributed by atoms with van der Waals surface area (Å²) in [5, 5.41) is 28.1. The number of quaternary nitrogens is 1. The summed E-state index contributed by atoms with van der Waals surface area (Å²) in [5.41, 5.74) is 0. The predicted octanol–water partition coefficient (Wildman–Crippen LogP) is 6.22. The van der Waals surface area contributed by atoms with Gasteiger partial charge in [-0.05, 0) is 25.7 Å². The first-order valence-corrected chi connectivity index (χ1v) is 13.7. The number of carboxylic acid groups (broad SMARTS) is 3. The van der Waals surface area contributed by atoms with Crippen LogP contribution in [0.4, 0.5) is 0 Å². The average Bonchev–Trinajstić information content (AvgIpc) is 2.82. The molecule has 7 nitrogen and oxygen atoms in total. The summed E-state index contributed by atoms with van der Waals surface area (Å²) in [6.07, 6.45) is 15.3. The summed E-state index contributed by atoms with van der Waals surface area (Å²) >= 11 is 0. The number of carboxylic acids is 3. The summed E-state index contributed by atoms with van der Waals surface area (Å²) in [6.45, 7) is 11.6. The van der Waals surface area contributed by atoms with E-state index in [1.165, 1.54) is 38.5 Å². The van der Waals surface area contributed by atoms with Crippen molar-refractivity contribution in [3.63, 3.8) is 0 Å². The number of nitrogens with zero attached hydrogens (tertiary/aromatic N) is 1. The number of hydrogen-bond acceptors (Lipinski definition) is 3. The number of allylic oxidation sites excluding steroid dienone is 1. The molecule has 0 saturated heterocycles. The molecule has 0 spiro atoms. The fraction of sp³-hybridized carbons (Fsp3) is 0.821. The fourth-order valence-electron chi connectivity index (χ4n) is 4.42. The van der Waals surface area contributed by atoms with E-state index in [-0.39, 0.29) is 0 Å². The second kappa shape index (κ2) is 19.3. The van der Waals surface area contributed by atoms with Crippen LogP contribution in [-0.2, 0) is 14.4 Å². The van der Waals surface area contributed by atoms with E-state index in [1.54, 1.807) is 20.8 Å². The molecule has 3 atom stereocenters. The molecule has 0 amide bonds. The van der Waals surface area contributed by atoms with Crippen LogP contribution in [0.25, 0.3) is 0 Å². The minimum Gasteiger partial charge on any atom is -0.481 e. The number of hydrogen-bond donors (Lipinski definition) is 3. The quantitative estimate of drug-likeness (QED) is 0.0827. The molecule has 3 unspecified atom stereocenters. The van der Waals surface area contributed by atoms with E-state index >= 15 is 0 Å². The largest absolute Gasteiger partial charge is 0.481 e. The second-order valence-electron chi connectivity index (χ2n) is 10.6. The van der Waals surface area contributed by atoms with Crippen molar-refractivity contribution in [1.82, 2.24) is 0 Å². The molecule has 0 aromatic rings. The number of carbonyl (C=O) groups is 3. The van der Waals surface area contributed by atoms with Gasteiger partial charge in [0.1, 0.15) is 0 Å².